The lowest BCUT2D eigenvalue weighted by Crippen LogP contribution is -2.46. The van der Waals surface area contributed by atoms with Gasteiger partial charge in [0.05, 0.1) is 28.9 Å². The highest BCUT2D eigenvalue weighted by Gasteiger charge is 2.39. The third-order valence-corrected chi connectivity index (χ3v) is 8.26. The van der Waals surface area contributed by atoms with Gasteiger partial charge < -0.3 is 20.1 Å². The number of nitrogens with one attached hydrogen (secondary N) is 2. The number of phenolic OH excluding ortho intramolecular Hbond substituents is 1. The zero-order chi connectivity index (χ0) is 30.2. The van der Waals surface area contributed by atoms with Crippen molar-refractivity contribution in [3.8, 4) is 22.9 Å². The summed E-state index contributed by atoms with van der Waals surface area (Å²) in [6.45, 7) is 4.20. The smallest absolute Gasteiger partial charge is 0.260 e. The maximum absolute atomic E-state index is 16.4. The monoisotopic (exact) mass is 586 g/mol. The van der Waals surface area contributed by atoms with Gasteiger partial charge in [0.25, 0.3) is 12.0 Å². The summed E-state index contributed by atoms with van der Waals surface area (Å²) in [4.78, 5) is 22.5. The standard InChI is InChI=1S/C31H34F4N4O3/c1-4-9-31(10-6-11-39(31)3)16-42-24-14-22(36-15-23(33)34)26-29(37-24)27(35)28(38-30(26)41)20-13-18(40)12-17-7-8-21(32)19(5-2)25(17)20/h7-8,12-14,23,40H,4-6,9-11,15-16H2,1-3H3,(H,36,37)(H,38,41). The number of pyridine rings is 2. The van der Waals surface area contributed by atoms with Gasteiger partial charge >= 0.3 is 0 Å². The molecule has 0 saturated carbocycles. The van der Waals surface area contributed by atoms with E-state index in [0.29, 0.717) is 10.8 Å². The second kappa shape index (κ2) is 11.8. The summed E-state index contributed by atoms with van der Waals surface area (Å²) in [5.74, 6) is -1.70. The van der Waals surface area contributed by atoms with Gasteiger partial charge in [-0.3, -0.25) is 9.69 Å². The fraction of sp³-hybridized carbons (Fsp3) is 0.419. The van der Waals surface area contributed by atoms with Gasteiger partial charge in [-0.2, -0.15) is 0 Å². The van der Waals surface area contributed by atoms with E-state index in [0.717, 1.165) is 32.2 Å². The van der Waals surface area contributed by atoms with Gasteiger partial charge in [0.2, 0.25) is 5.88 Å². The van der Waals surface area contributed by atoms with E-state index in [1.54, 1.807) is 6.92 Å². The molecular weight excluding hydrogens is 552 g/mol. The number of aromatic hydroxyl groups is 1. The minimum atomic E-state index is -2.73. The quantitative estimate of drug-likeness (QED) is 0.181. The number of anilines is 1. The predicted molar refractivity (Wildman–Crippen MR) is 156 cm³/mol. The highest BCUT2D eigenvalue weighted by atomic mass is 19.3. The summed E-state index contributed by atoms with van der Waals surface area (Å²) >= 11 is 0. The average molecular weight is 587 g/mol. The number of halogens is 4. The number of nitrogens with zero attached hydrogens (tertiary/aromatic N) is 2. The molecule has 2 aromatic carbocycles. The van der Waals surface area contributed by atoms with Crippen LogP contribution in [0.25, 0.3) is 32.9 Å². The van der Waals surface area contributed by atoms with Crippen molar-refractivity contribution in [3.63, 3.8) is 0 Å². The van der Waals surface area contributed by atoms with Crippen LogP contribution in [0.3, 0.4) is 0 Å². The molecule has 1 atom stereocenters. The Morgan fingerprint density at radius 3 is 2.64 bits per heavy atom. The molecule has 7 nitrogen and oxygen atoms in total. The molecule has 0 bridgehead atoms. The Hall–Kier alpha value is -3.86. The maximum Gasteiger partial charge on any atom is 0.260 e. The Kier molecular flexibility index (Phi) is 8.32. The lowest BCUT2D eigenvalue weighted by atomic mass is 9.92. The van der Waals surface area contributed by atoms with Gasteiger partial charge in [-0.1, -0.05) is 26.3 Å². The van der Waals surface area contributed by atoms with Gasteiger partial charge in [-0.15, -0.1) is 0 Å². The van der Waals surface area contributed by atoms with Gasteiger partial charge in [0.15, 0.2) is 5.82 Å². The first-order chi connectivity index (χ1) is 20.1. The second-order valence-electron chi connectivity index (χ2n) is 10.9. The molecule has 42 heavy (non-hydrogen) atoms. The zero-order valence-electron chi connectivity index (χ0n) is 23.8. The number of hydrogen-bond donors (Lipinski definition) is 3. The van der Waals surface area contributed by atoms with Crippen LogP contribution in [-0.2, 0) is 6.42 Å². The normalized spacial score (nSPS) is 17.5. The first-order valence-electron chi connectivity index (χ1n) is 14.2. The molecule has 1 aliphatic heterocycles. The number of aromatic nitrogens is 2. The van der Waals surface area contributed by atoms with Crippen molar-refractivity contribution in [2.45, 2.75) is 57.9 Å². The molecule has 11 heteroatoms. The van der Waals surface area contributed by atoms with Crippen molar-refractivity contribution in [2.75, 3.05) is 32.1 Å². The average Bonchev–Trinajstić information content (AvgIpc) is 3.31. The highest BCUT2D eigenvalue weighted by molar-refractivity contribution is 6.02. The van der Waals surface area contributed by atoms with Crippen molar-refractivity contribution in [1.29, 1.82) is 0 Å². The van der Waals surface area contributed by atoms with Crippen LogP contribution in [0.5, 0.6) is 11.6 Å². The van der Waals surface area contributed by atoms with Gasteiger partial charge in [-0.25, -0.2) is 22.5 Å². The van der Waals surface area contributed by atoms with Gasteiger partial charge in [0, 0.05) is 11.6 Å². The number of phenols is 1. The van der Waals surface area contributed by atoms with Crippen LogP contribution in [0.2, 0.25) is 0 Å². The summed E-state index contributed by atoms with van der Waals surface area (Å²) in [6.07, 6.45) is 1.23. The number of aryl methyl sites for hydroxylation is 1. The van der Waals surface area contributed by atoms with Crippen LogP contribution >= 0.6 is 0 Å². The number of ether oxygens (including phenoxy) is 1. The zero-order valence-corrected chi connectivity index (χ0v) is 23.8. The topological polar surface area (TPSA) is 90.5 Å². The van der Waals surface area contributed by atoms with E-state index in [1.807, 2.05) is 7.05 Å². The third kappa shape index (κ3) is 5.37. The number of benzene rings is 2. The highest BCUT2D eigenvalue weighted by Crippen LogP contribution is 2.39. The van der Waals surface area contributed by atoms with Crippen LogP contribution in [0.15, 0.2) is 35.1 Å². The Bertz CT molecular complexity index is 1690. The molecule has 1 saturated heterocycles. The van der Waals surface area contributed by atoms with Crippen LogP contribution in [0.4, 0.5) is 23.2 Å². The number of likely N-dealkylation sites (tertiary alicyclic amines) is 1. The minimum Gasteiger partial charge on any atom is -0.508 e. The van der Waals surface area contributed by atoms with Crippen molar-refractivity contribution in [2.24, 2.45) is 0 Å². The molecule has 1 aliphatic rings. The summed E-state index contributed by atoms with van der Waals surface area (Å²) < 4.78 is 63.7. The van der Waals surface area contributed by atoms with Crippen molar-refractivity contribution in [3.05, 3.63) is 57.9 Å². The Morgan fingerprint density at radius 1 is 1.19 bits per heavy atom. The van der Waals surface area contributed by atoms with Crippen molar-refractivity contribution >= 4 is 27.4 Å². The summed E-state index contributed by atoms with van der Waals surface area (Å²) in [5.41, 5.74) is -1.43. The lowest BCUT2D eigenvalue weighted by Gasteiger charge is -2.35. The summed E-state index contributed by atoms with van der Waals surface area (Å²) in [7, 11) is 2.02. The molecule has 5 rings (SSSR count). The Labute approximate surface area is 240 Å². The number of hydrogen-bond acceptors (Lipinski definition) is 6. The van der Waals surface area contributed by atoms with Crippen molar-refractivity contribution in [1.82, 2.24) is 14.9 Å². The van der Waals surface area contributed by atoms with E-state index in [-0.39, 0.29) is 58.1 Å². The molecule has 4 aromatic rings. The molecule has 0 radical (unpaired) electrons. The van der Waals surface area contributed by atoms with E-state index in [1.165, 1.54) is 30.3 Å². The molecule has 0 aliphatic carbocycles. The maximum atomic E-state index is 16.4. The molecule has 224 valence electrons. The molecule has 0 spiro atoms. The fourth-order valence-corrected chi connectivity index (χ4v) is 6.21. The summed E-state index contributed by atoms with van der Waals surface area (Å²) in [5, 5.41) is 13.5. The number of aromatic amines is 1. The van der Waals surface area contributed by atoms with E-state index in [9.17, 15) is 23.1 Å². The fourth-order valence-electron chi connectivity index (χ4n) is 6.21. The first-order valence-corrected chi connectivity index (χ1v) is 14.2. The molecule has 3 N–H and O–H groups in total. The van der Waals surface area contributed by atoms with E-state index in [4.69, 9.17) is 4.74 Å². The van der Waals surface area contributed by atoms with Gasteiger partial charge in [0.1, 0.15) is 23.7 Å². The van der Waals surface area contributed by atoms with Crippen LogP contribution < -0.4 is 15.6 Å². The van der Waals surface area contributed by atoms with E-state index in [2.05, 4.69) is 27.1 Å². The van der Waals surface area contributed by atoms with Crippen LogP contribution in [-0.4, -0.2) is 58.7 Å². The largest absolute Gasteiger partial charge is 0.508 e. The number of rotatable bonds is 10. The third-order valence-electron chi connectivity index (χ3n) is 8.26. The Morgan fingerprint density at radius 2 is 1.98 bits per heavy atom. The van der Waals surface area contributed by atoms with Crippen LogP contribution in [0, 0.1) is 11.6 Å². The summed E-state index contributed by atoms with van der Waals surface area (Å²) in [6, 6.07) is 6.75. The predicted octanol–water partition coefficient (Wildman–Crippen LogP) is 6.61. The minimum absolute atomic E-state index is 0.0217. The molecular formula is C31H34F4N4O3. The van der Waals surface area contributed by atoms with Crippen LogP contribution in [0.1, 0.15) is 45.1 Å². The van der Waals surface area contributed by atoms with E-state index < -0.39 is 35.7 Å². The van der Waals surface area contributed by atoms with E-state index >= 15 is 4.39 Å². The molecule has 1 fully saturated rings. The SMILES string of the molecule is CCCC1(COc2cc(NCC(F)F)c3c(=O)[nH]c(-c4cc(O)cc5ccc(F)c(CC)c45)c(F)c3n2)CCCN1C. The Balaban J connectivity index is 1.70. The molecule has 3 heterocycles. The molecule has 0 amide bonds. The molecule has 1 unspecified atom stereocenters. The molecule has 2 aromatic heterocycles. The number of H-pyrrole nitrogens is 1. The van der Waals surface area contributed by atoms with Crippen molar-refractivity contribution < 1.29 is 27.4 Å². The second-order valence-corrected chi connectivity index (χ2v) is 10.9. The number of likely N-dealkylation sites (N-methyl/N-ethyl adjacent to an activating group) is 1. The van der Waals surface area contributed by atoms with Gasteiger partial charge in [-0.05, 0) is 73.8 Å². The number of fused-ring (bicyclic) bond motifs is 2. The lowest BCUT2D eigenvalue weighted by molar-refractivity contribution is 0.0855. The number of alkyl halides is 2. The first kappa shape index (κ1) is 29.6.